The highest BCUT2D eigenvalue weighted by Crippen LogP contribution is 2.51. The van der Waals surface area contributed by atoms with Crippen LogP contribution in [-0.4, -0.2) is 16.1 Å². The molecular weight excluding hydrogens is 198 g/mol. The summed E-state index contributed by atoms with van der Waals surface area (Å²) in [5.74, 6) is 0. The summed E-state index contributed by atoms with van der Waals surface area (Å²) in [6.07, 6.45) is 5.54. The molecule has 2 N–H and O–H groups in total. The Morgan fingerprint density at radius 3 is 2.94 bits per heavy atom. The zero-order valence-corrected chi connectivity index (χ0v) is 9.61. The molecule has 0 radical (unpaired) electrons. The Kier molecular flexibility index (Phi) is 2.04. The molecule has 0 amide bonds. The minimum Gasteiger partial charge on any atom is -0.334 e. The Morgan fingerprint density at radius 2 is 2.25 bits per heavy atom. The molecule has 1 aromatic heterocycles. The normalized spacial score (nSPS) is 17.9. The van der Waals surface area contributed by atoms with E-state index in [-0.39, 0.29) is 0 Å². The fourth-order valence-corrected chi connectivity index (χ4v) is 2.58. The van der Waals surface area contributed by atoms with Crippen molar-refractivity contribution >= 4 is 11.0 Å². The van der Waals surface area contributed by atoms with Crippen molar-refractivity contribution in [3.63, 3.8) is 0 Å². The molecule has 1 heterocycles. The maximum absolute atomic E-state index is 5.69. The van der Waals surface area contributed by atoms with E-state index in [1.165, 1.54) is 23.9 Å². The van der Waals surface area contributed by atoms with Crippen LogP contribution in [0.1, 0.15) is 24.8 Å². The van der Waals surface area contributed by atoms with Crippen LogP contribution < -0.4 is 5.73 Å². The smallest absolute Gasteiger partial charge is 0.0955 e. The maximum atomic E-state index is 5.69. The van der Waals surface area contributed by atoms with Crippen molar-refractivity contribution < 1.29 is 0 Å². The third-order valence-corrected chi connectivity index (χ3v) is 3.81. The third kappa shape index (κ3) is 1.35. The van der Waals surface area contributed by atoms with Crippen LogP contribution in [0, 0.1) is 0 Å². The summed E-state index contributed by atoms with van der Waals surface area (Å²) in [4.78, 5) is 4.41. The van der Waals surface area contributed by atoms with Crippen molar-refractivity contribution in [1.29, 1.82) is 0 Å². The van der Waals surface area contributed by atoms with Crippen LogP contribution >= 0.6 is 0 Å². The van der Waals surface area contributed by atoms with Gasteiger partial charge in [-0.15, -0.1) is 0 Å². The zero-order valence-electron chi connectivity index (χ0n) is 9.61. The van der Waals surface area contributed by atoms with E-state index in [0.717, 1.165) is 18.5 Å². The second kappa shape index (κ2) is 3.32. The molecule has 1 saturated carbocycles. The molecular formula is C13H17N3. The maximum Gasteiger partial charge on any atom is 0.0955 e. The number of fused-ring (bicyclic) bond motifs is 1. The topological polar surface area (TPSA) is 43.8 Å². The zero-order chi connectivity index (χ0) is 11.2. The van der Waals surface area contributed by atoms with Gasteiger partial charge in [-0.05, 0) is 48.9 Å². The van der Waals surface area contributed by atoms with Crippen LogP contribution in [0.2, 0.25) is 0 Å². The first-order chi connectivity index (χ1) is 7.75. The molecule has 0 bridgehead atoms. The van der Waals surface area contributed by atoms with E-state index < -0.39 is 0 Å². The van der Waals surface area contributed by atoms with Gasteiger partial charge in [-0.2, -0.15) is 0 Å². The first-order valence-electron chi connectivity index (χ1n) is 5.87. The Hall–Kier alpha value is -1.35. The summed E-state index contributed by atoms with van der Waals surface area (Å²) < 4.78 is 2.06. The molecule has 1 aromatic carbocycles. The molecule has 3 rings (SSSR count). The van der Waals surface area contributed by atoms with Gasteiger partial charge in [0, 0.05) is 7.05 Å². The van der Waals surface area contributed by atoms with E-state index in [1.807, 2.05) is 13.4 Å². The van der Waals surface area contributed by atoms with Crippen molar-refractivity contribution in [2.75, 3.05) is 6.54 Å². The van der Waals surface area contributed by atoms with Crippen molar-refractivity contribution in [3.8, 4) is 0 Å². The van der Waals surface area contributed by atoms with Gasteiger partial charge in [0.2, 0.25) is 0 Å². The first-order valence-corrected chi connectivity index (χ1v) is 5.87. The average molecular weight is 215 g/mol. The Bertz CT molecular complexity index is 523. The number of benzene rings is 1. The quantitative estimate of drug-likeness (QED) is 0.850. The summed E-state index contributed by atoms with van der Waals surface area (Å²) in [5.41, 5.74) is 9.79. The van der Waals surface area contributed by atoms with E-state index in [2.05, 4.69) is 27.8 Å². The number of hydrogen-bond donors (Lipinski definition) is 1. The number of imidazole rings is 1. The minimum atomic E-state index is 0.375. The standard InChI is InChI=1S/C13H17N3/c1-16-9-15-11-8-10(2-3-12(11)16)13(4-5-13)6-7-14/h2-3,8-9H,4-7,14H2,1H3. The number of aryl methyl sites for hydroxylation is 1. The fraction of sp³-hybridized carbons (Fsp3) is 0.462. The van der Waals surface area contributed by atoms with Gasteiger partial charge >= 0.3 is 0 Å². The van der Waals surface area contributed by atoms with Crippen molar-refractivity contribution in [3.05, 3.63) is 30.1 Å². The van der Waals surface area contributed by atoms with E-state index >= 15 is 0 Å². The van der Waals surface area contributed by atoms with Gasteiger partial charge in [0.1, 0.15) is 0 Å². The average Bonchev–Trinajstić information content (AvgIpc) is 2.99. The van der Waals surface area contributed by atoms with Gasteiger partial charge in [-0.3, -0.25) is 0 Å². The molecule has 2 aromatic rings. The van der Waals surface area contributed by atoms with Gasteiger partial charge in [0.25, 0.3) is 0 Å². The predicted molar refractivity (Wildman–Crippen MR) is 65.3 cm³/mol. The van der Waals surface area contributed by atoms with Gasteiger partial charge < -0.3 is 10.3 Å². The molecule has 0 saturated heterocycles. The lowest BCUT2D eigenvalue weighted by Crippen LogP contribution is -2.13. The van der Waals surface area contributed by atoms with Crippen molar-refractivity contribution in [2.45, 2.75) is 24.7 Å². The van der Waals surface area contributed by atoms with Crippen LogP contribution in [0.4, 0.5) is 0 Å². The van der Waals surface area contributed by atoms with Gasteiger partial charge in [-0.25, -0.2) is 4.98 Å². The number of nitrogens with zero attached hydrogens (tertiary/aromatic N) is 2. The summed E-state index contributed by atoms with van der Waals surface area (Å²) >= 11 is 0. The molecule has 16 heavy (non-hydrogen) atoms. The third-order valence-electron chi connectivity index (χ3n) is 3.81. The molecule has 0 unspecified atom stereocenters. The highest BCUT2D eigenvalue weighted by molar-refractivity contribution is 5.76. The molecule has 3 heteroatoms. The van der Waals surface area contributed by atoms with Crippen LogP contribution in [0.15, 0.2) is 24.5 Å². The van der Waals surface area contributed by atoms with E-state index in [0.29, 0.717) is 5.41 Å². The van der Waals surface area contributed by atoms with Crippen molar-refractivity contribution in [2.24, 2.45) is 12.8 Å². The van der Waals surface area contributed by atoms with Crippen LogP contribution in [0.5, 0.6) is 0 Å². The summed E-state index contributed by atoms with van der Waals surface area (Å²) in [6, 6.07) is 6.65. The second-order valence-corrected chi connectivity index (χ2v) is 4.88. The molecule has 0 aliphatic heterocycles. The molecule has 1 aliphatic rings. The van der Waals surface area contributed by atoms with E-state index in [4.69, 9.17) is 5.73 Å². The van der Waals surface area contributed by atoms with E-state index in [1.54, 1.807) is 0 Å². The number of nitrogens with two attached hydrogens (primary N) is 1. The van der Waals surface area contributed by atoms with Crippen LogP contribution in [-0.2, 0) is 12.5 Å². The Balaban J connectivity index is 2.05. The fourth-order valence-electron chi connectivity index (χ4n) is 2.58. The largest absolute Gasteiger partial charge is 0.334 e. The van der Waals surface area contributed by atoms with E-state index in [9.17, 15) is 0 Å². The molecule has 84 valence electrons. The molecule has 0 atom stereocenters. The summed E-state index contributed by atoms with van der Waals surface area (Å²) in [5, 5.41) is 0. The molecule has 3 nitrogen and oxygen atoms in total. The lowest BCUT2D eigenvalue weighted by atomic mass is 9.92. The van der Waals surface area contributed by atoms with Gasteiger partial charge in [-0.1, -0.05) is 6.07 Å². The summed E-state index contributed by atoms with van der Waals surface area (Å²) in [7, 11) is 2.03. The van der Waals surface area contributed by atoms with Gasteiger partial charge in [0.05, 0.1) is 17.4 Å². The lowest BCUT2D eigenvalue weighted by Gasteiger charge is -2.14. The van der Waals surface area contributed by atoms with Gasteiger partial charge in [0.15, 0.2) is 0 Å². The number of aromatic nitrogens is 2. The monoisotopic (exact) mass is 215 g/mol. The minimum absolute atomic E-state index is 0.375. The van der Waals surface area contributed by atoms with Crippen molar-refractivity contribution in [1.82, 2.24) is 9.55 Å². The number of hydrogen-bond acceptors (Lipinski definition) is 2. The Morgan fingerprint density at radius 1 is 1.44 bits per heavy atom. The summed E-state index contributed by atoms with van der Waals surface area (Å²) in [6.45, 7) is 0.778. The molecule has 1 aliphatic carbocycles. The Labute approximate surface area is 95.3 Å². The lowest BCUT2D eigenvalue weighted by molar-refractivity contribution is 0.630. The van der Waals surface area contributed by atoms with Crippen LogP contribution in [0.3, 0.4) is 0 Å². The SMILES string of the molecule is Cn1cnc2cc(C3(CCN)CC3)ccc21. The van der Waals surface area contributed by atoms with Crippen LogP contribution in [0.25, 0.3) is 11.0 Å². The number of rotatable bonds is 3. The predicted octanol–water partition coefficient (Wildman–Crippen LogP) is 1.95. The first kappa shape index (κ1) is 9.85. The molecule has 1 fully saturated rings. The highest BCUT2D eigenvalue weighted by atomic mass is 15.0. The highest BCUT2D eigenvalue weighted by Gasteiger charge is 2.43. The second-order valence-electron chi connectivity index (χ2n) is 4.88. The molecule has 0 spiro atoms.